The minimum atomic E-state index is 0.0593. The van der Waals surface area contributed by atoms with E-state index in [2.05, 4.69) is 10.2 Å². The molecule has 0 saturated carbocycles. The van der Waals surface area contributed by atoms with E-state index in [1.165, 1.54) is 0 Å². The van der Waals surface area contributed by atoms with Crippen LogP contribution in [0.4, 0.5) is 0 Å². The van der Waals surface area contributed by atoms with Crippen LogP contribution in [-0.2, 0) is 4.79 Å². The molecule has 1 amide bonds. The molecule has 14 heavy (non-hydrogen) atoms. The summed E-state index contributed by atoms with van der Waals surface area (Å²) in [4.78, 5) is 13.8. The highest BCUT2D eigenvalue weighted by Gasteiger charge is 2.23. The molecule has 1 heterocycles. The lowest BCUT2D eigenvalue weighted by atomic mass is 10.1. The van der Waals surface area contributed by atoms with E-state index in [1.54, 1.807) is 0 Å². The third-order valence-corrected chi connectivity index (χ3v) is 2.75. The Morgan fingerprint density at radius 1 is 1.57 bits per heavy atom. The van der Waals surface area contributed by atoms with Crippen molar-refractivity contribution in [3.63, 3.8) is 0 Å². The van der Waals surface area contributed by atoms with Gasteiger partial charge in [-0.15, -0.1) is 0 Å². The van der Waals surface area contributed by atoms with Gasteiger partial charge in [-0.1, -0.05) is 0 Å². The Labute approximate surface area is 85.8 Å². The minimum absolute atomic E-state index is 0.0593. The topological polar surface area (TPSA) is 58.4 Å². The summed E-state index contributed by atoms with van der Waals surface area (Å²) in [6.45, 7) is 2.44. The lowest BCUT2D eigenvalue weighted by Gasteiger charge is -2.25. The van der Waals surface area contributed by atoms with Crippen LogP contribution in [0.25, 0.3) is 0 Å². The molecule has 0 aromatic heterocycles. The van der Waals surface area contributed by atoms with E-state index in [0.29, 0.717) is 6.54 Å². The Balaban J connectivity index is 2.41. The van der Waals surface area contributed by atoms with E-state index in [-0.39, 0.29) is 11.9 Å². The predicted molar refractivity (Wildman–Crippen MR) is 57.0 cm³/mol. The maximum atomic E-state index is 11.6. The molecule has 1 saturated heterocycles. The van der Waals surface area contributed by atoms with Crippen molar-refractivity contribution in [3.8, 4) is 0 Å². The second-order valence-corrected chi connectivity index (χ2v) is 3.93. The Bertz CT molecular complexity index is 184. The fraction of sp³-hybridized carbons (Fsp3) is 0.900. The maximum Gasteiger partial charge on any atom is 0.237 e. The maximum absolute atomic E-state index is 11.6. The van der Waals surface area contributed by atoms with Crippen molar-refractivity contribution in [3.05, 3.63) is 0 Å². The fourth-order valence-electron chi connectivity index (χ4n) is 1.84. The number of amides is 1. The second-order valence-electron chi connectivity index (χ2n) is 3.93. The van der Waals surface area contributed by atoms with Crippen LogP contribution in [0.15, 0.2) is 0 Å². The molecule has 1 fully saturated rings. The lowest BCUT2D eigenvalue weighted by molar-refractivity contribution is -0.125. The SMILES string of the molecule is CN(CCCN)C1CCCCNC1=O. The zero-order valence-electron chi connectivity index (χ0n) is 8.96. The molecular formula is C10H21N3O. The van der Waals surface area contributed by atoms with Crippen molar-refractivity contribution in [2.75, 3.05) is 26.7 Å². The average Bonchev–Trinajstić information content (AvgIpc) is 2.39. The van der Waals surface area contributed by atoms with Crippen LogP contribution in [0.1, 0.15) is 25.7 Å². The van der Waals surface area contributed by atoms with E-state index < -0.39 is 0 Å². The first-order valence-electron chi connectivity index (χ1n) is 5.43. The van der Waals surface area contributed by atoms with Gasteiger partial charge in [-0.3, -0.25) is 9.69 Å². The number of likely N-dealkylation sites (N-methyl/N-ethyl adjacent to an activating group) is 1. The minimum Gasteiger partial charge on any atom is -0.355 e. The molecule has 1 unspecified atom stereocenters. The number of hydrogen-bond acceptors (Lipinski definition) is 3. The van der Waals surface area contributed by atoms with Gasteiger partial charge in [0.05, 0.1) is 6.04 Å². The van der Waals surface area contributed by atoms with Crippen molar-refractivity contribution in [1.82, 2.24) is 10.2 Å². The number of nitrogens with two attached hydrogens (primary N) is 1. The summed E-state index contributed by atoms with van der Waals surface area (Å²) in [6, 6.07) is 0.0593. The van der Waals surface area contributed by atoms with Gasteiger partial charge in [0, 0.05) is 6.54 Å². The predicted octanol–water partition coefficient (Wildman–Crippen LogP) is -0.0643. The van der Waals surface area contributed by atoms with E-state index in [0.717, 1.165) is 38.8 Å². The first kappa shape index (κ1) is 11.5. The zero-order valence-corrected chi connectivity index (χ0v) is 8.96. The van der Waals surface area contributed by atoms with E-state index in [4.69, 9.17) is 5.73 Å². The molecule has 1 aliphatic heterocycles. The monoisotopic (exact) mass is 199 g/mol. The van der Waals surface area contributed by atoms with E-state index >= 15 is 0 Å². The zero-order chi connectivity index (χ0) is 10.4. The number of nitrogens with zero attached hydrogens (tertiary/aromatic N) is 1. The molecule has 82 valence electrons. The van der Waals surface area contributed by atoms with Gasteiger partial charge >= 0.3 is 0 Å². The van der Waals surface area contributed by atoms with Crippen molar-refractivity contribution in [2.24, 2.45) is 5.73 Å². The number of rotatable bonds is 4. The summed E-state index contributed by atoms with van der Waals surface area (Å²) in [6.07, 6.45) is 4.18. The Hall–Kier alpha value is -0.610. The van der Waals surface area contributed by atoms with Gasteiger partial charge in [0.1, 0.15) is 0 Å². The summed E-state index contributed by atoms with van der Waals surface area (Å²) in [7, 11) is 2.01. The standard InChI is InChI=1S/C10H21N3O/c1-13(8-4-6-11)9-5-2-3-7-12-10(9)14/h9H,2-8,11H2,1H3,(H,12,14). The van der Waals surface area contributed by atoms with Gasteiger partial charge in [0.15, 0.2) is 0 Å². The molecule has 1 rings (SSSR count). The van der Waals surface area contributed by atoms with Crippen molar-refractivity contribution >= 4 is 5.91 Å². The van der Waals surface area contributed by atoms with Gasteiger partial charge in [-0.2, -0.15) is 0 Å². The van der Waals surface area contributed by atoms with Gasteiger partial charge < -0.3 is 11.1 Å². The summed E-state index contributed by atoms with van der Waals surface area (Å²) >= 11 is 0. The number of carbonyl (C=O) groups excluding carboxylic acids is 1. The molecule has 1 aliphatic rings. The summed E-state index contributed by atoms with van der Waals surface area (Å²) < 4.78 is 0. The van der Waals surface area contributed by atoms with Gasteiger partial charge in [0.2, 0.25) is 5.91 Å². The molecule has 3 N–H and O–H groups in total. The number of carbonyl (C=O) groups is 1. The Morgan fingerprint density at radius 2 is 2.36 bits per heavy atom. The molecular weight excluding hydrogens is 178 g/mol. The normalized spacial score (nSPS) is 23.4. The molecule has 0 radical (unpaired) electrons. The first-order valence-corrected chi connectivity index (χ1v) is 5.43. The van der Waals surface area contributed by atoms with Crippen LogP contribution in [0.2, 0.25) is 0 Å². The molecule has 0 bridgehead atoms. The van der Waals surface area contributed by atoms with Crippen molar-refractivity contribution in [1.29, 1.82) is 0 Å². The van der Waals surface area contributed by atoms with Crippen molar-refractivity contribution in [2.45, 2.75) is 31.7 Å². The van der Waals surface area contributed by atoms with Gasteiger partial charge in [-0.05, 0) is 45.8 Å². The van der Waals surface area contributed by atoms with Crippen LogP contribution in [0, 0.1) is 0 Å². The highest BCUT2D eigenvalue weighted by Crippen LogP contribution is 2.10. The van der Waals surface area contributed by atoms with Crippen LogP contribution >= 0.6 is 0 Å². The second kappa shape index (κ2) is 5.98. The average molecular weight is 199 g/mol. The highest BCUT2D eigenvalue weighted by atomic mass is 16.2. The van der Waals surface area contributed by atoms with Gasteiger partial charge in [-0.25, -0.2) is 0 Å². The molecule has 0 aromatic carbocycles. The third-order valence-electron chi connectivity index (χ3n) is 2.75. The van der Waals surface area contributed by atoms with Crippen molar-refractivity contribution < 1.29 is 4.79 Å². The third kappa shape index (κ3) is 3.27. The Kier molecular flexibility index (Phi) is 4.90. The summed E-state index contributed by atoms with van der Waals surface area (Å²) in [5.41, 5.74) is 5.44. The smallest absolute Gasteiger partial charge is 0.237 e. The molecule has 0 spiro atoms. The number of nitrogens with one attached hydrogen (secondary N) is 1. The van der Waals surface area contributed by atoms with Crippen LogP contribution < -0.4 is 11.1 Å². The summed E-state index contributed by atoms with van der Waals surface area (Å²) in [5, 5.41) is 2.94. The van der Waals surface area contributed by atoms with Crippen LogP contribution in [0.3, 0.4) is 0 Å². The molecule has 1 atom stereocenters. The molecule has 0 aromatic rings. The van der Waals surface area contributed by atoms with Crippen LogP contribution in [0.5, 0.6) is 0 Å². The Morgan fingerprint density at radius 3 is 3.07 bits per heavy atom. The molecule has 4 heteroatoms. The van der Waals surface area contributed by atoms with E-state index in [9.17, 15) is 4.79 Å². The fourth-order valence-corrected chi connectivity index (χ4v) is 1.84. The first-order chi connectivity index (χ1) is 6.75. The van der Waals surface area contributed by atoms with E-state index in [1.807, 2.05) is 7.05 Å². The number of hydrogen-bond donors (Lipinski definition) is 2. The summed E-state index contributed by atoms with van der Waals surface area (Å²) in [5.74, 6) is 0.182. The quantitative estimate of drug-likeness (QED) is 0.666. The molecule has 4 nitrogen and oxygen atoms in total. The van der Waals surface area contributed by atoms with Gasteiger partial charge in [0.25, 0.3) is 0 Å². The lowest BCUT2D eigenvalue weighted by Crippen LogP contribution is -2.44. The van der Waals surface area contributed by atoms with Crippen LogP contribution in [-0.4, -0.2) is 43.5 Å². The highest BCUT2D eigenvalue weighted by molar-refractivity contribution is 5.81. The molecule has 0 aliphatic carbocycles. The largest absolute Gasteiger partial charge is 0.355 e.